The molecule has 0 aliphatic rings. The monoisotopic (exact) mass is 683 g/mol. The Morgan fingerprint density at radius 3 is 1.35 bits per heavy atom. The minimum atomic E-state index is -0.516. The molecule has 280 valence electrons. The fourth-order valence-corrected chi connectivity index (χ4v) is 4.51. The van der Waals surface area contributed by atoms with Gasteiger partial charge >= 0.3 is 0 Å². The smallest absolute Gasteiger partial charge is 0.251 e. The van der Waals surface area contributed by atoms with Gasteiger partial charge in [-0.2, -0.15) is 0 Å². The molecule has 0 aromatic heterocycles. The second-order valence-corrected chi connectivity index (χ2v) is 11.6. The van der Waals surface area contributed by atoms with Crippen LogP contribution in [0.25, 0.3) is 0 Å². The van der Waals surface area contributed by atoms with Crippen molar-refractivity contribution in [2.45, 2.75) is 175 Å². The third-order valence-corrected chi connectivity index (χ3v) is 7.09. The van der Waals surface area contributed by atoms with Gasteiger partial charge in [-0.1, -0.05) is 118 Å². The van der Waals surface area contributed by atoms with Crippen LogP contribution in [0.15, 0.2) is 0 Å². The van der Waals surface area contributed by atoms with Gasteiger partial charge in [-0.3, -0.25) is 13.9 Å². The molecule has 0 fully saturated rings. The number of carbonyl (C=O) groups excluding carboxylic acids is 2. The van der Waals surface area contributed by atoms with Gasteiger partial charge in [0.25, 0.3) is 5.91 Å². The summed E-state index contributed by atoms with van der Waals surface area (Å²) < 4.78 is 15.8. The van der Waals surface area contributed by atoms with Crippen molar-refractivity contribution < 1.29 is 23.4 Å². The van der Waals surface area contributed by atoms with E-state index >= 15 is 0 Å². The predicted molar refractivity (Wildman–Crippen MR) is 198 cm³/mol. The molecule has 10 heteroatoms. The Bertz CT molecular complexity index is 551. The van der Waals surface area contributed by atoms with Crippen LogP contribution in [-0.4, -0.2) is 71.0 Å². The van der Waals surface area contributed by atoms with E-state index in [1.807, 2.05) is 27.7 Å². The third kappa shape index (κ3) is 47.4. The second-order valence-electron chi connectivity index (χ2n) is 11.3. The van der Waals surface area contributed by atoms with Gasteiger partial charge < -0.3 is 31.6 Å². The van der Waals surface area contributed by atoms with Gasteiger partial charge in [-0.05, 0) is 58.5 Å². The molecule has 0 aromatic carbocycles. The van der Waals surface area contributed by atoms with E-state index < -0.39 is 6.10 Å². The van der Waals surface area contributed by atoms with Crippen LogP contribution in [0.4, 0.5) is 0 Å². The molecule has 9 nitrogen and oxygen atoms in total. The minimum absolute atomic E-state index is 0.0357. The first-order chi connectivity index (χ1) is 22.5. The number of nitrogens with one attached hydrogen (secondary N) is 2. The normalized spacial score (nSPS) is 11.5. The van der Waals surface area contributed by atoms with Gasteiger partial charge in [0.15, 0.2) is 6.10 Å². The number of ether oxygens (including phenoxy) is 2. The maximum atomic E-state index is 12.6. The molecule has 0 aliphatic carbocycles. The first-order valence-electron chi connectivity index (χ1n) is 18.7. The maximum absolute atomic E-state index is 12.6. The van der Waals surface area contributed by atoms with Crippen molar-refractivity contribution in [3.63, 3.8) is 0 Å². The molecule has 0 rings (SSSR count). The van der Waals surface area contributed by atoms with Crippen molar-refractivity contribution in [3.05, 3.63) is 0 Å². The molecular weight excluding hydrogens is 604 g/mol. The number of halogens is 1. The molecule has 0 spiro atoms. The van der Waals surface area contributed by atoms with Gasteiger partial charge in [0, 0.05) is 26.3 Å². The molecule has 2 amide bonds. The van der Waals surface area contributed by atoms with Gasteiger partial charge in [0.1, 0.15) is 0 Å². The lowest BCUT2D eigenvalue weighted by Crippen LogP contribution is -2.44. The lowest BCUT2D eigenvalue weighted by Gasteiger charge is -2.24. The highest BCUT2D eigenvalue weighted by Gasteiger charge is 2.26. The van der Waals surface area contributed by atoms with Crippen LogP contribution in [0.1, 0.15) is 163 Å². The third-order valence-electron chi connectivity index (χ3n) is 7.09. The Morgan fingerprint density at radius 2 is 1.02 bits per heavy atom. The molecule has 2 atom stereocenters. The molecule has 46 heavy (non-hydrogen) atoms. The summed E-state index contributed by atoms with van der Waals surface area (Å²) in [6.07, 6.45) is 24.2. The standard InChI is InChI=1S/C29H61N3O3.C4H9NO.C2H6.CH3ClO/c1-3-24-32-29(33)28(35-26-21-17-13-9-5-7-11-15-19-23-31)27(2)34-25-20-16-12-8-4-6-10-14-18-22-30;1-2-3-5-4-6;1-2;1-3-2/h27-28H,3-26,30-31H2,1-2H3,(H,32,33);4H,2-3H2,1H3,(H,5,6);1-2H3;1H3. The number of nitrogens with two attached hydrogens (primary N) is 2. The van der Waals surface area contributed by atoms with Gasteiger partial charge in [0.05, 0.1) is 25.1 Å². The number of hydrogen-bond acceptors (Lipinski definition) is 7. The van der Waals surface area contributed by atoms with Crippen LogP contribution in [-0.2, 0) is 23.4 Å². The largest absolute Gasteiger partial charge is 0.375 e. The van der Waals surface area contributed by atoms with Crippen molar-refractivity contribution in [1.82, 2.24) is 10.6 Å². The molecular formula is C36H79ClN4O5. The van der Waals surface area contributed by atoms with Crippen LogP contribution in [0, 0.1) is 0 Å². The number of unbranched alkanes of at least 4 members (excludes halogenated alkanes) is 16. The SMILES string of the molecule is CC.CCCNC(=O)C(OCCCCCCCCCCCN)C(C)OCCCCCCCCCCCN.CCCNC=O.COCl. The lowest BCUT2D eigenvalue weighted by molar-refractivity contribution is -0.143. The number of rotatable bonds is 31. The van der Waals surface area contributed by atoms with Crippen molar-refractivity contribution >= 4 is 24.2 Å². The molecule has 0 aliphatic heterocycles. The Hall–Kier alpha value is -0.970. The van der Waals surface area contributed by atoms with Crippen LogP contribution in [0.2, 0.25) is 0 Å². The summed E-state index contributed by atoms with van der Waals surface area (Å²) in [6.45, 7) is 14.5. The number of amides is 2. The second kappa shape index (κ2) is 50.9. The van der Waals surface area contributed by atoms with E-state index in [4.69, 9.17) is 20.9 Å². The van der Waals surface area contributed by atoms with Crippen LogP contribution in [0.5, 0.6) is 0 Å². The van der Waals surface area contributed by atoms with Gasteiger partial charge in [-0.25, -0.2) is 0 Å². The molecule has 0 aromatic rings. The van der Waals surface area contributed by atoms with Crippen LogP contribution >= 0.6 is 11.9 Å². The average molecular weight is 684 g/mol. The quantitative estimate of drug-likeness (QED) is 0.0427. The van der Waals surface area contributed by atoms with E-state index in [-0.39, 0.29) is 12.0 Å². The van der Waals surface area contributed by atoms with E-state index in [2.05, 4.69) is 33.7 Å². The summed E-state index contributed by atoms with van der Waals surface area (Å²) in [7, 11) is 1.39. The van der Waals surface area contributed by atoms with Gasteiger partial charge in [0.2, 0.25) is 6.41 Å². The minimum Gasteiger partial charge on any atom is -0.375 e. The van der Waals surface area contributed by atoms with Crippen molar-refractivity contribution in [2.24, 2.45) is 11.5 Å². The van der Waals surface area contributed by atoms with Crippen molar-refractivity contribution in [1.29, 1.82) is 0 Å². The molecule has 0 radical (unpaired) electrons. The summed E-state index contributed by atoms with van der Waals surface area (Å²) in [5.74, 6) is -0.0357. The summed E-state index contributed by atoms with van der Waals surface area (Å²) in [6, 6.07) is 0. The maximum Gasteiger partial charge on any atom is 0.251 e. The number of carbonyl (C=O) groups is 2. The summed E-state index contributed by atoms with van der Waals surface area (Å²) in [4.78, 5) is 22.1. The fraction of sp³-hybridized carbons (Fsp3) is 0.944. The fourth-order valence-electron chi connectivity index (χ4n) is 4.51. The summed E-state index contributed by atoms with van der Waals surface area (Å²) in [5.41, 5.74) is 11.1. The van der Waals surface area contributed by atoms with E-state index in [9.17, 15) is 9.59 Å². The highest BCUT2D eigenvalue weighted by molar-refractivity contribution is 6.07. The summed E-state index contributed by atoms with van der Waals surface area (Å²) in [5, 5.41) is 5.50. The van der Waals surface area contributed by atoms with Crippen LogP contribution in [0.3, 0.4) is 0 Å². The zero-order chi connectivity index (χ0) is 35.4. The van der Waals surface area contributed by atoms with E-state index in [1.165, 1.54) is 90.6 Å². The van der Waals surface area contributed by atoms with Crippen molar-refractivity contribution in [2.75, 3.05) is 46.5 Å². The number of hydrogen-bond donors (Lipinski definition) is 4. The topological polar surface area (TPSA) is 138 Å². The Labute approximate surface area is 290 Å². The highest BCUT2D eigenvalue weighted by atomic mass is 35.5. The molecule has 0 saturated heterocycles. The Balaban J connectivity index is -0.000000690. The lowest BCUT2D eigenvalue weighted by atomic mass is 10.1. The highest BCUT2D eigenvalue weighted by Crippen LogP contribution is 2.13. The molecule has 0 saturated carbocycles. The van der Waals surface area contributed by atoms with Crippen LogP contribution < -0.4 is 22.1 Å². The molecule has 0 bridgehead atoms. The Kier molecular flexibility index (Phi) is 57.4. The summed E-state index contributed by atoms with van der Waals surface area (Å²) >= 11 is 4.50. The predicted octanol–water partition coefficient (Wildman–Crippen LogP) is 8.20. The van der Waals surface area contributed by atoms with E-state index in [0.29, 0.717) is 26.2 Å². The average Bonchev–Trinajstić information content (AvgIpc) is 3.07. The first-order valence-corrected chi connectivity index (χ1v) is 19.0. The van der Waals surface area contributed by atoms with Gasteiger partial charge in [-0.15, -0.1) is 0 Å². The molecule has 6 N–H and O–H groups in total. The zero-order valence-corrected chi connectivity index (χ0v) is 31.9. The van der Waals surface area contributed by atoms with E-state index in [0.717, 1.165) is 64.6 Å². The first kappa shape index (κ1) is 51.9. The van der Waals surface area contributed by atoms with E-state index in [1.54, 1.807) is 0 Å². The Morgan fingerprint density at radius 1 is 0.674 bits per heavy atom. The van der Waals surface area contributed by atoms with Crippen molar-refractivity contribution in [3.8, 4) is 0 Å². The molecule has 0 heterocycles. The zero-order valence-electron chi connectivity index (χ0n) is 31.2. The molecule has 2 unspecified atom stereocenters.